The minimum absolute atomic E-state index is 0.537. The van der Waals surface area contributed by atoms with Crippen molar-refractivity contribution in [3.05, 3.63) is 42.4 Å². The summed E-state index contributed by atoms with van der Waals surface area (Å²) in [6.07, 6.45) is 11.8. The lowest BCUT2D eigenvalue weighted by Crippen LogP contribution is -2.24. The highest BCUT2D eigenvalue weighted by Crippen LogP contribution is 2.33. The molecule has 2 rings (SSSR count). The van der Waals surface area contributed by atoms with E-state index in [4.69, 9.17) is 0 Å². The summed E-state index contributed by atoms with van der Waals surface area (Å²) in [7, 11) is 0. The van der Waals surface area contributed by atoms with E-state index in [0.717, 1.165) is 30.4 Å². The number of hydrogen-bond donors (Lipinski definition) is 2. The van der Waals surface area contributed by atoms with E-state index in [9.17, 15) is 0 Å². The third-order valence-electron chi connectivity index (χ3n) is 4.29. The Balaban J connectivity index is 2.10. The number of imidazole rings is 2. The second kappa shape index (κ2) is 8.16. The van der Waals surface area contributed by atoms with Gasteiger partial charge in [0.15, 0.2) is 0 Å². The van der Waals surface area contributed by atoms with Crippen LogP contribution in [0.1, 0.15) is 52.2 Å². The van der Waals surface area contributed by atoms with Crippen molar-refractivity contribution in [2.45, 2.75) is 53.4 Å². The fourth-order valence-corrected chi connectivity index (χ4v) is 2.96. The van der Waals surface area contributed by atoms with Gasteiger partial charge in [-0.05, 0) is 30.1 Å². The molecule has 1 radical (unpaired) electrons. The molecule has 0 amide bonds. The van der Waals surface area contributed by atoms with Crippen LogP contribution in [0.2, 0.25) is 0 Å². The third kappa shape index (κ3) is 5.00. The minimum atomic E-state index is 0.537. The van der Waals surface area contributed by atoms with Gasteiger partial charge in [-0.3, -0.25) is 0 Å². The van der Waals surface area contributed by atoms with E-state index in [1.807, 2.05) is 24.8 Å². The van der Waals surface area contributed by atoms with Gasteiger partial charge in [0.1, 0.15) is 11.6 Å². The maximum absolute atomic E-state index is 4.42. The fraction of sp³-hybridized carbons (Fsp3) is 0.611. The first-order valence-corrected chi connectivity index (χ1v) is 8.37. The molecule has 0 saturated heterocycles. The van der Waals surface area contributed by atoms with Crippen LogP contribution in [-0.4, -0.2) is 19.9 Å². The van der Waals surface area contributed by atoms with E-state index in [-0.39, 0.29) is 0 Å². The zero-order valence-corrected chi connectivity index (χ0v) is 14.3. The molecule has 2 aromatic heterocycles. The molecule has 0 fully saturated rings. The van der Waals surface area contributed by atoms with E-state index in [2.05, 4.69) is 47.6 Å². The quantitative estimate of drug-likeness (QED) is 0.729. The van der Waals surface area contributed by atoms with Gasteiger partial charge < -0.3 is 9.97 Å². The molecule has 0 spiro atoms. The van der Waals surface area contributed by atoms with Crippen molar-refractivity contribution in [3.8, 4) is 0 Å². The second-order valence-corrected chi connectivity index (χ2v) is 6.89. The normalized spacial score (nSPS) is 13.4. The monoisotopic (exact) mass is 301 g/mol. The Morgan fingerprint density at radius 3 is 2.14 bits per heavy atom. The van der Waals surface area contributed by atoms with Crippen molar-refractivity contribution in [2.75, 3.05) is 0 Å². The van der Waals surface area contributed by atoms with Gasteiger partial charge in [-0.1, -0.05) is 34.1 Å². The van der Waals surface area contributed by atoms with Crippen LogP contribution >= 0.6 is 0 Å². The first-order valence-electron chi connectivity index (χ1n) is 8.37. The van der Waals surface area contributed by atoms with Gasteiger partial charge in [-0.25, -0.2) is 9.97 Å². The van der Waals surface area contributed by atoms with Crippen LogP contribution in [0.25, 0.3) is 0 Å². The molecule has 0 aliphatic heterocycles. The lowest BCUT2D eigenvalue weighted by atomic mass is 9.76. The van der Waals surface area contributed by atoms with Crippen LogP contribution in [0, 0.1) is 23.7 Å². The SMILES string of the molecule is CC(C)CC[C](Cc1ncc[nH]1)C(Cc1ncc[nH]1)C(C)C. The summed E-state index contributed by atoms with van der Waals surface area (Å²) >= 11 is 0. The predicted molar refractivity (Wildman–Crippen MR) is 90.2 cm³/mol. The molecule has 22 heavy (non-hydrogen) atoms. The van der Waals surface area contributed by atoms with E-state index < -0.39 is 0 Å². The van der Waals surface area contributed by atoms with Crippen molar-refractivity contribution in [1.82, 2.24) is 19.9 Å². The molecule has 0 saturated carbocycles. The maximum Gasteiger partial charge on any atom is 0.106 e. The molecule has 0 aromatic carbocycles. The number of H-pyrrole nitrogens is 2. The molecule has 121 valence electrons. The smallest absolute Gasteiger partial charge is 0.106 e. The van der Waals surface area contributed by atoms with Crippen molar-refractivity contribution in [3.63, 3.8) is 0 Å². The molecule has 2 aromatic rings. The van der Waals surface area contributed by atoms with E-state index >= 15 is 0 Å². The van der Waals surface area contributed by atoms with Gasteiger partial charge in [-0.2, -0.15) is 0 Å². The van der Waals surface area contributed by atoms with Gasteiger partial charge >= 0.3 is 0 Å². The molecule has 2 heterocycles. The molecule has 1 atom stereocenters. The Morgan fingerprint density at radius 1 is 1.00 bits per heavy atom. The van der Waals surface area contributed by atoms with E-state index in [0.29, 0.717) is 11.8 Å². The van der Waals surface area contributed by atoms with Crippen LogP contribution in [0.3, 0.4) is 0 Å². The highest BCUT2D eigenvalue weighted by atomic mass is 14.9. The van der Waals surface area contributed by atoms with Crippen LogP contribution < -0.4 is 0 Å². The molecular weight excluding hydrogens is 272 g/mol. The highest BCUT2D eigenvalue weighted by molar-refractivity contribution is 5.08. The van der Waals surface area contributed by atoms with Gasteiger partial charge in [-0.15, -0.1) is 0 Å². The second-order valence-electron chi connectivity index (χ2n) is 6.89. The van der Waals surface area contributed by atoms with Crippen molar-refractivity contribution in [1.29, 1.82) is 0 Å². The van der Waals surface area contributed by atoms with Crippen molar-refractivity contribution >= 4 is 0 Å². The van der Waals surface area contributed by atoms with Crippen molar-refractivity contribution < 1.29 is 0 Å². The van der Waals surface area contributed by atoms with Crippen LogP contribution in [0.5, 0.6) is 0 Å². The highest BCUT2D eigenvalue weighted by Gasteiger charge is 2.27. The summed E-state index contributed by atoms with van der Waals surface area (Å²) in [5, 5.41) is 0. The summed E-state index contributed by atoms with van der Waals surface area (Å²) in [6, 6.07) is 0. The summed E-state index contributed by atoms with van der Waals surface area (Å²) < 4.78 is 0. The summed E-state index contributed by atoms with van der Waals surface area (Å²) in [4.78, 5) is 15.3. The molecule has 1 unspecified atom stereocenters. The number of rotatable bonds is 9. The van der Waals surface area contributed by atoms with Gasteiger partial charge in [0, 0.05) is 37.6 Å². The lowest BCUT2D eigenvalue weighted by molar-refractivity contribution is 0.352. The molecule has 4 nitrogen and oxygen atoms in total. The number of hydrogen-bond acceptors (Lipinski definition) is 2. The van der Waals surface area contributed by atoms with Gasteiger partial charge in [0.2, 0.25) is 0 Å². The Morgan fingerprint density at radius 2 is 1.64 bits per heavy atom. The van der Waals surface area contributed by atoms with Crippen LogP contribution in [0.15, 0.2) is 24.8 Å². The first kappa shape index (κ1) is 16.8. The third-order valence-corrected chi connectivity index (χ3v) is 4.29. The van der Waals surface area contributed by atoms with Crippen molar-refractivity contribution in [2.24, 2.45) is 17.8 Å². The summed E-state index contributed by atoms with van der Waals surface area (Å²) in [6.45, 7) is 9.21. The van der Waals surface area contributed by atoms with Crippen LogP contribution in [0.4, 0.5) is 0 Å². The number of nitrogens with one attached hydrogen (secondary N) is 2. The molecular formula is C18H29N4. The lowest BCUT2D eigenvalue weighted by Gasteiger charge is -2.29. The topological polar surface area (TPSA) is 57.4 Å². The van der Waals surface area contributed by atoms with Gasteiger partial charge in [0.05, 0.1) is 0 Å². The number of aromatic nitrogens is 4. The Hall–Kier alpha value is -1.58. The minimum Gasteiger partial charge on any atom is -0.349 e. The molecule has 0 bridgehead atoms. The average Bonchev–Trinajstić information content (AvgIpc) is 3.14. The van der Waals surface area contributed by atoms with E-state index in [1.54, 1.807) is 5.92 Å². The van der Waals surface area contributed by atoms with Gasteiger partial charge in [0.25, 0.3) is 0 Å². The molecule has 2 N–H and O–H groups in total. The number of aromatic amines is 2. The number of nitrogens with zero attached hydrogens (tertiary/aromatic N) is 2. The van der Waals surface area contributed by atoms with E-state index in [1.165, 1.54) is 12.8 Å². The Labute approximate surface area is 134 Å². The fourth-order valence-electron chi connectivity index (χ4n) is 2.96. The Kier molecular flexibility index (Phi) is 6.22. The standard InChI is InChI=1S/C18H29N4/c1-13(2)5-6-15(11-17-19-7-8-20-17)16(14(3)4)12-18-21-9-10-22-18/h7-10,13-14,16H,5-6,11-12H2,1-4H3,(H,19,20)(H,21,22). The first-order chi connectivity index (χ1) is 10.6. The Bertz CT molecular complexity index is 499. The molecule has 0 aliphatic rings. The summed E-state index contributed by atoms with van der Waals surface area (Å²) in [5.74, 6) is 5.61. The zero-order chi connectivity index (χ0) is 15.9. The maximum atomic E-state index is 4.42. The predicted octanol–water partition coefficient (Wildman–Crippen LogP) is 4.20. The average molecular weight is 301 g/mol. The summed E-state index contributed by atoms with van der Waals surface area (Å²) in [5.41, 5.74) is 0. The zero-order valence-electron chi connectivity index (χ0n) is 14.3. The largest absolute Gasteiger partial charge is 0.349 e. The molecule has 0 aliphatic carbocycles. The molecule has 4 heteroatoms. The van der Waals surface area contributed by atoms with Crippen LogP contribution in [-0.2, 0) is 12.8 Å².